The largest absolute Gasteiger partial charge is 0.378 e. The van der Waals surface area contributed by atoms with Crippen LogP contribution in [0.4, 0.5) is 11.4 Å². The molecule has 4 rings (SSSR count). The lowest BCUT2D eigenvalue weighted by Crippen LogP contribution is -2.36. The number of hydrogen-bond acceptors (Lipinski definition) is 5. The predicted octanol–water partition coefficient (Wildman–Crippen LogP) is 2.05. The Bertz CT molecular complexity index is 901. The molecule has 2 aliphatic rings. The Kier molecular flexibility index (Phi) is 5.43. The van der Waals surface area contributed by atoms with E-state index in [1.165, 1.54) is 0 Å². The van der Waals surface area contributed by atoms with Gasteiger partial charge in [0.25, 0.3) is 5.56 Å². The van der Waals surface area contributed by atoms with Crippen molar-refractivity contribution in [2.45, 2.75) is 32.6 Å². The Morgan fingerprint density at radius 1 is 1.18 bits per heavy atom. The van der Waals surface area contributed by atoms with E-state index in [1.807, 2.05) is 24.3 Å². The SMILES string of the molecule is Cc1nc2c(c(=O)[nH]1)CCC(C(=O)Nc1ccc(N3CCOCC3)cc1)CC2. The molecular weight excluding hydrogens is 356 g/mol. The zero-order valence-electron chi connectivity index (χ0n) is 16.2. The topological polar surface area (TPSA) is 87.3 Å². The van der Waals surface area contributed by atoms with Crippen molar-refractivity contribution in [2.24, 2.45) is 5.92 Å². The van der Waals surface area contributed by atoms with Crippen LogP contribution in [0.2, 0.25) is 0 Å². The van der Waals surface area contributed by atoms with E-state index in [1.54, 1.807) is 6.92 Å². The zero-order chi connectivity index (χ0) is 19.5. The Hall–Kier alpha value is -2.67. The molecule has 0 bridgehead atoms. The quantitative estimate of drug-likeness (QED) is 0.794. The molecule has 0 radical (unpaired) electrons. The molecule has 1 aliphatic carbocycles. The van der Waals surface area contributed by atoms with Gasteiger partial charge in [-0.2, -0.15) is 0 Å². The fourth-order valence-electron chi connectivity index (χ4n) is 3.99. The summed E-state index contributed by atoms with van der Waals surface area (Å²) >= 11 is 0. The van der Waals surface area contributed by atoms with Gasteiger partial charge in [0.1, 0.15) is 5.82 Å². The lowest BCUT2D eigenvalue weighted by molar-refractivity contribution is -0.120. The number of carbonyl (C=O) groups excluding carboxylic acids is 1. The van der Waals surface area contributed by atoms with Gasteiger partial charge in [0.05, 0.1) is 18.9 Å². The number of amides is 1. The number of benzene rings is 1. The number of aryl methyl sites for hydroxylation is 2. The Labute approximate surface area is 164 Å². The van der Waals surface area contributed by atoms with E-state index < -0.39 is 0 Å². The van der Waals surface area contributed by atoms with Crippen LogP contribution in [0.5, 0.6) is 0 Å². The van der Waals surface area contributed by atoms with Gasteiger partial charge in [-0.1, -0.05) is 0 Å². The monoisotopic (exact) mass is 382 g/mol. The number of nitrogens with one attached hydrogen (secondary N) is 2. The van der Waals surface area contributed by atoms with E-state index in [4.69, 9.17) is 4.74 Å². The summed E-state index contributed by atoms with van der Waals surface area (Å²) in [5.74, 6) is 0.528. The fourth-order valence-corrected chi connectivity index (χ4v) is 3.99. The highest BCUT2D eigenvalue weighted by Gasteiger charge is 2.25. The van der Waals surface area contributed by atoms with Crippen molar-refractivity contribution >= 4 is 17.3 Å². The van der Waals surface area contributed by atoms with Gasteiger partial charge in [-0.25, -0.2) is 4.98 Å². The van der Waals surface area contributed by atoms with E-state index in [-0.39, 0.29) is 17.4 Å². The maximum absolute atomic E-state index is 12.8. The fraction of sp³-hybridized carbons (Fsp3) is 0.476. The molecule has 1 fully saturated rings. The van der Waals surface area contributed by atoms with Gasteiger partial charge in [0, 0.05) is 35.9 Å². The minimum Gasteiger partial charge on any atom is -0.378 e. The first-order valence-corrected chi connectivity index (χ1v) is 9.92. The molecule has 2 aromatic rings. The number of aromatic nitrogens is 2. The molecule has 1 aromatic carbocycles. The second kappa shape index (κ2) is 8.14. The molecule has 1 atom stereocenters. The molecular formula is C21H26N4O3. The molecule has 28 heavy (non-hydrogen) atoms. The summed E-state index contributed by atoms with van der Waals surface area (Å²) in [6.45, 7) is 5.07. The van der Waals surface area contributed by atoms with E-state index in [0.717, 1.165) is 48.9 Å². The summed E-state index contributed by atoms with van der Waals surface area (Å²) < 4.78 is 5.39. The second-order valence-corrected chi connectivity index (χ2v) is 7.49. The Balaban J connectivity index is 1.39. The van der Waals surface area contributed by atoms with Crippen LogP contribution in [0.15, 0.2) is 29.1 Å². The highest BCUT2D eigenvalue weighted by Crippen LogP contribution is 2.24. The smallest absolute Gasteiger partial charge is 0.254 e. The lowest BCUT2D eigenvalue weighted by atomic mass is 9.98. The number of morpholine rings is 1. The lowest BCUT2D eigenvalue weighted by Gasteiger charge is -2.29. The van der Waals surface area contributed by atoms with Crippen molar-refractivity contribution in [1.82, 2.24) is 9.97 Å². The number of hydrogen-bond donors (Lipinski definition) is 2. The molecule has 7 heteroatoms. The molecule has 1 aromatic heterocycles. The van der Waals surface area contributed by atoms with Crippen molar-refractivity contribution in [3.8, 4) is 0 Å². The van der Waals surface area contributed by atoms with Crippen LogP contribution in [0, 0.1) is 12.8 Å². The molecule has 148 valence electrons. The van der Waals surface area contributed by atoms with Crippen LogP contribution in [0.3, 0.4) is 0 Å². The average Bonchev–Trinajstić information content (AvgIpc) is 2.92. The van der Waals surface area contributed by atoms with Gasteiger partial charge in [0.2, 0.25) is 5.91 Å². The highest BCUT2D eigenvalue weighted by atomic mass is 16.5. The van der Waals surface area contributed by atoms with Crippen LogP contribution in [0.25, 0.3) is 0 Å². The molecule has 7 nitrogen and oxygen atoms in total. The van der Waals surface area contributed by atoms with Gasteiger partial charge in [-0.3, -0.25) is 9.59 Å². The molecule has 1 aliphatic heterocycles. The van der Waals surface area contributed by atoms with Gasteiger partial charge in [-0.05, 0) is 56.9 Å². The zero-order valence-corrected chi connectivity index (χ0v) is 16.2. The van der Waals surface area contributed by atoms with Gasteiger partial charge in [-0.15, -0.1) is 0 Å². The number of ether oxygens (including phenoxy) is 1. The number of H-pyrrole nitrogens is 1. The van der Waals surface area contributed by atoms with Crippen molar-refractivity contribution in [3.63, 3.8) is 0 Å². The van der Waals surface area contributed by atoms with Crippen LogP contribution in [0.1, 0.15) is 29.9 Å². The first-order chi connectivity index (χ1) is 13.6. The van der Waals surface area contributed by atoms with E-state index in [2.05, 4.69) is 20.2 Å². The van der Waals surface area contributed by atoms with Crippen LogP contribution in [-0.2, 0) is 22.4 Å². The molecule has 0 spiro atoms. The number of rotatable bonds is 3. The minimum atomic E-state index is -0.118. The van der Waals surface area contributed by atoms with Crippen LogP contribution >= 0.6 is 0 Å². The third kappa shape index (κ3) is 4.09. The summed E-state index contributed by atoms with van der Waals surface area (Å²) in [4.78, 5) is 34.4. The summed E-state index contributed by atoms with van der Waals surface area (Å²) in [6, 6.07) is 7.97. The first kappa shape index (κ1) is 18.7. The van der Waals surface area contributed by atoms with E-state index in [0.29, 0.717) is 31.5 Å². The number of aromatic amines is 1. The Morgan fingerprint density at radius 3 is 2.64 bits per heavy atom. The number of fused-ring (bicyclic) bond motifs is 1. The number of anilines is 2. The summed E-state index contributed by atoms with van der Waals surface area (Å²) in [5.41, 5.74) is 3.45. The normalized spacial score (nSPS) is 19.6. The van der Waals surface area contributed by atoms with E-state index >= 15 is 0 Å². The Morgan fingerprint density at radius 2 is 1.89 bits per heavy atom. The standard InChI is InChI=1S/C21H26N4O3/c1-14-22-19-9-3-15(2-8-18(19)21(27)23-14)20(26)24-16-4-6-17(7-5-16)25-10-12-28-13-11-25/h4-7,15H,2-3,8-13H2,1H3,(H,24,26)(H,22,23,27). The van der Waals surface area contributed by atoms with Crippen molar-refractivity contribution in [2.75, 3.05) is 36.5 Å². The predicted molar refractivity (Wildman–Crippen MR) is 108 cm³/mol. The van der Waals surface area contributed by atoms with Crippen molar-refractivity contribution in [3.05, 3.63) is 51.7 Å². The third-order valence-electron chi connectivity index (χ3n) is 5.57. The molecule has 0 saturated carbocycles. The summed E-state index contributed by atoms with van der Waals surface area (Å²) in [6.07, 6.45) is 2.62. The van der Waals surface area contributed by atoms with Gasteiger partial charge < -0.3 is 19.9 Å². The molecule has 2 N–H and O–H groups in total. The van der Waals surface area contributed by atoms with E-state index in [9.17, 15) is 9.59 Å². The molecule has 2 heterocycles. The number of nitrogens with zero attached hydrogens (tertiary/aromatic N) is 2. The van der Waals surface area contributed by atoms with Crippen LogP contribution in [-0.4, -0.2) is 42.2 Å². The van der Waals surface area contributed by atoms with Crippen LogP contribution < -0.4 is 15.8 Å². The third-order valence-corrected chi connectivity index (χ3v) is 5.57. The van der Waals surface area contributed by atoms with Gasteiger partial charge >= 0.3 is 0 Å². The number of carbonyl (C=O) groups is 1. The maximum atomic E-state index is 12.8. The highest BCUT2D eigenvalue weighted by molar-refractivity contribution is 5.92. The van der Waals surface area contributed by atoms with Crippen molar-refractivity contribution in [1.29, 1.82) is 0 Å². The van der Waals surface area contributed by atoms with Crippen molar-refractivity contribution < 1.29 is 9.53 Å². The molecule has 1 unspecified atom stereocenters. The molecule has 1 amide bonds. The first-order valence-electron chi connectivity index (χ1n) is 9.92. The van der Waals surface area contributed by atoms with Gasteiger partial charge in [0.15, 0.2) is 0 Å². The minimum absolute atomic E-state index is 0.0140. The average molecular weight is 382 g/mol. The summed E-state index contributed by atoms with van der Waals surface area (Å²) in [5, 5.41) is 3.03. The maximum Gasteiger partial charge on any atom is 0.254 e. The summed E-state index contributed by atoms with van der Waals surface area (Å²) in [7, 11) is 0. The second-order valence-electron chi connectivity index (χ2n) is 7.49. The molecule has 1 saturated heterocycles.